The van der Waals surface area contributed by atoms with Crippen LogP contribution >= 0.6 is 23.2 Å². The van der Waals surface area contributed by atoms with E-state index < -0.39 is 31.8 Å². The zero-order chi connectivity index (χ0) is 23.0. The summed E-state index contributed by atoms with van der Waals surface area (Å²) in [5.41, 5.74) is -1.55. The highest BCUT2D eigenvalue weighted by molar-refractivity contribution is 7.92. The molecule has 3 rings (SSSR count). The van der Waals surface area contributed by atoms with E-state index in [0.29, 0.717) is 17.9 Å². The van der Waals surface area contributed by atoms with Crippen molar-refractivity contribution in [3.05, 3.63) is 63.8 Å². The van der Waals surface area contributed by atoms with E-state index in [-0.39, 0.29) is 22.1 Å². The fraction of sp³-hybridized carbons (Fsp3) is 0.111. The molecule has 0 aliphatic rings. The van der Waals surface area contributed by atoms with Crippen LogP contribution in [0.2, 0.25) is 10.0 Å². The van der Waals surface area contributed by atoms with E-state index in [1.165, 1.54) is 31.4 Å². The van der Waals surface area contributed by atoms with Crippen molar-refractivity contribution in [1.82, 2.24) is 9.78 Å². The van der Waals surface area contributed by atoms with Crippen LogP contribution < -0.4 is 9.46 Å². The predicted molar refractivity (Wildman–Crippen MR) is 107 cm³/mol. The first-order valence-corrected chi connectivity index (χ1v) is 10.4. The molecule has 0 amide bonds. The monoisotopic (exact) mass is 490 g/mol. The number of benzene rings is 2. The number of rotatable bonds is 5. The number of nitriles is 1. The molecule has 0 aliphatic carbocycles. The molecule has 0 saturated heterocycles. The van der Waals surface area contributed by atoms with Gasteiger partial charge in [-0.2, -0.15) is 23.5 Å². The number of nitrogens with one attached hydrogen (secondary N) is 1. The van der Waals surface area contributed by atoms with E-state index >= 15 is 0 Å². The van der Waals surface area contributed by atoms with Gasteiger partial charge in [0.25, 0.3) is 10.0 Å². The zero-order valence-corrected chi connectivity index (χ0v) is 17.7. The van der Waals surface area contributed by atoms with Gasteiger partial charge >= 0.3 is 6.18 Å². The Labute approximate surface area is 184 Å². The molecule has 0 saturated carbocycles. The average Bonchev–Trinajstić information content (AvgIpc) is 3.08. The Kier molecular flexibility index (Phi) is 6.09. The van der Waals surface area contributed by atoms with E-state index in [2.05, 4.69) is 9.82 Å². The average molecular weight is 491 g/mol. The summed E-state index contributed by atoms with van der Waals surface area (Å²) < 4.78 is 72.6. The number of ether oxygens (including phenoxy) is 1. The molecule has 0 bridgehead atoms. The summed E-state index contributed by atoms with van der Waals surface area (Å²) >= 11 is 12.0. The summed E-state index contributed by atoms with van der Waals surface area (Å²) in [5, 5.41) is 12.1. The number of aromatic nitrogens is 2. The molecule has 0 unspecified atom stereocenters. The van der Waals surface area contributed by atoms with Gasteiger partial charge in [-0.05, 0) is 36.4 Å². The van der Waals surface area contributed by atoms with Crippen LogP contribution in [0.5, 0.6) is 5.75 Å². The second kappa shape index (κ2) is 8.30. The largest absolute Gasteiger partial charge is 0.497 e. The minimum atomic E-state index is -4.70. The molecule has 1 aromatic heterocycles. The number of nitrogens with zero attached hydrogens (tertiary/aromatic N) is 3. The first-order chi connectivity index (χ1) is 14.5. The van der Waals surface area contributed by atoms with Crippen molar-refractivity contribution in [3.63, 3.8) is 0 Å². The van der Waals surface area contributed by atoms with Crippen molar-refractivity contribution in [2.75, 3.05) is 11.8 Å². The number of alkyl halides is 3. The van der Waals surface area contributed by atoms with Crippen LogP contribution in [0.25, 0.3) is 5.69 Å². The SMILES string of the molecule is COc1ccc(S(=O)(=O)Nc2cc(C#N)nn2-c2c(Cl)cc(C(F)(F)F)cc2Cl)cc1. The third-order valence-electron chi connectivity index (χ3n) is 3.99. The smallest absolute Gasteiger partial charge is 0.416 e. The third-order valence-corrected chi connectivity index (χ3v) is 5.94. The highest BCUT2D eigenvalue weighted by atomic mass is 35.5. The Bertz CT molecular complexity index is 1260. The summed E-state index contributed by atoms with van der Waals surface area (Å²) in [6.07, 6.45) is -4.70. The summed E-state index contributed by atoms with van der Waals surface area (Å²) in [4.78, 5) is -0.135. The van der Waals surface area contributed by atoms with Crippen LogP contribution in [0.4, 0.5) is 19.0 Å². The highest BCUT2D eigenvalue weighted by Gasteiger charge is 2.33. The molecular formula is C18H11Cl2F3N4O3S. The maximum Gasteiger partial charge on any atom is 0.416 e. The quantitative estimate of drug-likeness (QED) is 0.549. The maximum absolute atomic E-state index is 13.0. The van der Waals surface area contributed by atoms with E-state index in [4.69, 9.17) is 33.2 Å². The fourth-order valence-electron chi connectivity index (χ4n) is 2.56. The van der Waals surface area contributed by atoms with Crippen molar-refractivity contribution in [2.45, 2.75) is 11.1 Å². The lowest BCUT2D eigenvalue weighted by molar-refractivity contribution is -0.137. The molecule has 3 aromatic rings. The van der Waals surface area contributed by atoms with Crippen molar-refractivity contribution in [1.29, 1.82) is 5.26 Å². The molecule has 0 atom stereocenters. The van der Waals surface area contributed by atoms with Gasteiger partial charge in [0.1, 0.15) is 23.3 Å². The molecule has 0 radical (unpaired) electrons. The Morgan fingerprint density at radius 1 is 1.13 bits per heavy atom. The number of sulfonamides is 1. The second-order valence-corrected chi connectivity index (χ2v) is 8.50. The molecule has 13 heteroatoms. The van der Waals surface area contributed by atoms with Gasteiger partial charge in [0, 0.05) is 6.07 Å². The van der Waals surface area contributed by atoms with Crippen LogP contribution in [0.15, 0.2) is 47.4 Å². The van der Waals surface area contributed by atoms with Crippen LogP contribution in [-0.2, 0) is 16.2 Å². The van der Waals surface area contributed by atoms with Crippen LogP contribution in [0, 0.1) is 11.3 Å². The van der Waals surface area contributed by atoms with Gasteiger partial charge in [0.15, 0.2) is 5.69 Å². The molecule has 31 heavy (non-hydrogen) atoms. The lowest BCUT2D eigenvalue weighted by Crippen LogP contribution is -2.16. The molecule has 162 valence electrons. The lowest BCUT2D eigenvalue weighted by atomic mass is 10.2. The van der Waals surface area contributed by atoms with Gasteiger partial charge < -0.3 is 4.74 Å². The highest BCUT2D eigenvalue weighted by Crippen LogP contribution is 2.38. The molecule has 0 fully saturated rings. The Morgan fingerprint density at radius 3 is 2.19 bits per heavy atom. The first-order valence-electron chi connectivity index (χ1n) is 8.20. The van der Waals surface area contributed by atoms with Crippen LogP contribution in [-0.4, -0.2) is 25.3 Å². The number of hydrogen-bond acceptors (Lipinski definition) is 5. The molecule has 0 aliphatic heterocycles. The van der Waals surface area contributed by atoms with Gasteiger partial charge in [0.05, 0.1) is 27.6 Å². The Hall–Kier alpha value is -2.94. The Balaban J connectivity index is 2.09. The topological polar surface area (TPSA) is 97.0 Å². The number of methoxy groups -OCH3 is 1. The molecule has 2 aromatic carbocycles. The minimum absolute atomic E-state index is 0.135. The normalized spacial score (nSPS) is 11.8. The van der Waals surface area contributed by atoms with E-state index in [9.17, 15) is 21.6 Å². The number of hydrogen-bond donors (Lipinski definition) is 1. The van der Waals surface area contributed by atoms with Gasteiger partial charge in [-0.1, -0.05) is 23.2 Å². The van der Waals surface area contributed by atoms with Crippen molar-refractivity contribution in [2.24, 2.45) is 0 Å². The van der Waals surface area contributed by atoms with Gasteiger partial charge in [0.2, 0.25) is 0 Å². The maximum atomic E-state index is 13.0. The first kappa shape index (κ1) is 22.7. The van der Waals surface area contributed by atoms with E-state index in [0.717, 1.165) is 10.7 Å². The number of halogens is 5. The lowest BCUT2D eigenvalue weighted by Gasteiger charge is -2.15. The molecule has 7 nitrogen and oxygen atoms in total. The van der Waals surface area contributed by atoms with Gasteiger partial charge in [-0.3, -0.25) is 4.72 Å². The van der Waals surface area contributed by atoms with Gasteiger partial charge in [-0.15, -0.1) is 0 Å². The number of anilines is 1. The molecule has 1 N–H and O–H groups in total. The van der Waals surface area contributed by atoms with Crippen molar-refractivity contribution < 1.29 is 26.3 Å². The van der Waals surface area contributed by atoms with E-state index in [1.807, 2.05) is 0 Å². The molecule has 1 heterocycles. The van der Waals surface area contributed by atoms with Gasteiger partial charge in [-0.25, -0.2) is 13.1 Å². The van der Waals surface area contributed by atoms with E-state index in [1.54, 1.807) is 6.07 Å². The Morgan fingerprint density at radius 2 is 1.71 bits per heavy atom. The summed E-state index contributed by atoms with van der Waals surface area (Å²) in [7, 11) is -2.74. The van der Waals surface area contributed by atoms with Crippen LogP contribution in [0.1, 0.15) is 11.3 Å². The van der Waals surface area contributed by atoms with Crippen molar-refractivity contribution >= 4 is 39.0 Å². The standard InChI is InChI=1S/C18H11Cl2F3N4O3S/c1-30-12-2-4-13(5-3-12)31(28,29)26-16-8-11(9-24)25-27(16)17-14(19)6-10(7-15(17)20)18(21,22)23/h2-8,26H,1H3. The summed E-state index contributed by atoms with van der Waals surface area (Å²) in [6.45, 7) is 0. The second-order valence-electron chi connectivity index (χ2n) is 6.01. The minimum Gasteiger partial charge on any atom is -0.497 e. The summed E-state index contributed by atoms with van der Waals surface area (Å²) in [6, 6.07) is 9.48. The van der Waals surface area contributed by atoms with Crippen molar-refractivity contribution in [3.8, 4) is 17.5 Å². The van der Waals surface area contributed by atoms with Crippen LogP contribution in [0.3, 0.4) is 0 Å². The zero-order valence-electron chi connectivity index (χ0n) is 15.4. The third kappa shape index (κ3) is 4.71. The predicted octanol–water partition coefficient (Wildman–Crippen LogP) is 4.88. The fourth-order valence-corrected chi connectivity index (χ4v) is 4.24. The molecular weight excluding hydrogens is 480 g/mol. The summed E-state index contributed by atoms with van der Waals surface area (Å²) in [5.74, 6) is 0.176. The molecule has 0 spiro atoms.